The summed E-state index contributed by atoms with van der Waals surface area (Å²) in [5.41, 5.74) is 0.0170. The van der Waals surface area contributed by atoms with Crippen LogP contribution in [-0.4, -0.2) is 61.4 Å². The van der Waals surface area contributed by atoms with Crippen LogP contribution in [0.1, 0.15) is 202 Å². The molecule has 0 aliphatic carbocycles. The third kappa shape index (κ3) is 31.9. The maximum absolute atomic E-state index is 12.2. The fraction of sp³-hybridized carbons (Fsp3) is 0.951. The number of aliphatic hydroxyl groups is 1. The number of hydrogen-bond donors (Lipinski definition) is 1. The van der Waals surface area contributed by atoms with Crippen LogP contribution < -0.4 is 0 Å². The fourth-order valence-electron chi connectivity index (χ4n) is 6.59. The second-order valence-electron chi connectivity index (χ2n) is 15.1. The first-order chi connectivity index (χ1) is 22.8. The highest BCUT2D eigenvalue weighted by Crippen LogP contribution is 2.25. The summed E-state index contributed by atoms with van der Waals surface area (Å²) in [4.78, 5) is 26.6. The zero-order valence-electron chi connectivity index (χ0n) is 32.2. The number of aliphatic hydroxyl groups excluding tert-OH is 1. The van der Waals surface area contributed by atoms with E-state index in [2.05, 4.69) is 39.5 Å². The Labute approximate surface area is 292 Å². The molecular formula is C41H81NO5. The molecule has 0 aromatic heterocycles. The molecule has 0 saturated heterocycles. The summed E-state index contributed by atoms with van der Waals surface area (Å²) in [6.07, 6.45) is 29.6. The van der Waals surface area contributed by atoms with Crippen molar-refractivity contribution in [2.75, 3.05) is 39.5 Å². The molecule has 0 aliphatic heterocycles. The Bertz CT molecular complexity index is 691. The van der Waals surface area contributed by atoms with E-state index in [1.165, 1.54) is 83.5 Å². The Balaban J connectivity index is 3.80. The van der Waals surface area contributed by atoms with Gasteiger partial charge in [-0.25, -0.2) is 0 Å². The topological polar surface area (TPSA) is 76.1 Å². The monoisotopic (exact) mass is 668 g/mol. The van der Waals surface area contributed by atoms with Gasteiger partial charge in [0, 0.05) is 19.4 Å². The van der Waals surface area contributed by atoms with Gasteiger partial charge in [-0.15, -0.1) is 0 Å². The van der Waals surface area contributed by atoms with E-state index in [1.54, 1.807) is 0 Å². The van der Waals surface area contributed by atoms with Crippen LogP contribution >= 0.6 is 0 Å². The first kappa shape index (κ1) is 45.9. The van der Waals surface area contributed by atoms with Gasteiger partial charge < -0.3 is 19.5 Å². The van der Waals surface area contributed by atoms with Crippen molar-refractivity contribution in [3.8, 4) is 0 Å². The maximum Gasteiger partial charge on any atom is 0.305 e. The minimum Gasteiger partial charge on any atom is -0.466 e. The van der Waals surface area contributed by atoms with E-state index in [-0.39, 0.29) is 24.0 Å². The molecule has 1 N–H and O–H groups in total. The van der Waals surface area contributed by atoms with E-state index < -0.39 is 0 Å². The molecule has 0 aromatic carbocycles. The van der Waals surface area contributed by atoms with E-state index in [0.717, 1.165) is 96.2 Å². The molecule has 0 spiro atoms. The largest absolute Gasteiger partial charge is 0.466 e. The molecule has 0 aliphatic rings. The maximum atomic E-state index is 12.2. The third-order valence-electron chi connectivity index (χ3n) is 9.62. The zero-order valence-corrected chi connectivity index (χ0v) is 32.2. The predicted octanol–water partition coefficient (Wildman–Crippen LogP) is 11.2. The number of rotatable bonds is 36. The Morgan fingerprint density at radius 1 is 0.574 bits per heavy atom. The molecule has 6 nitrogen and oxygen atoms in total. The van der Waals surface area contributed by atoms with E-state index in [9.17, 15) is 14.7 Å². The second-order valence-corrected chi connectivity index (χ2v) is 15.1. The lowest BCUT2D eigenvalue weighted by molar-refractivity contribution is -0.147. The lowest BCUT2D eigenvalue weighted by atomic mass is 9.88. The minimum absolute atomic E-state index is 0.0170. The van der Waals surface area contributed by atoms with Crippen LogP contribution in [0.25, 0.3) is 0 Å². The van der Waals surface area contributed by atoms with Gasteiger partial charge in [0.1, 0.15) is 0 Å². The summed E-state index contributed by atoms with van der Waals surface area (Å²) in [6, 6.07) is 0. The molecule has 0 amide bonds. The molecular weight excluding hydrogens is 586 g/mol. The zero-order chi connectivity index (χ0) is 34.9. The number of carbonyl (C=O) groups is 2. The van der Waals surface area contributed by atoms with E-state index in [4.69, 9.17) is 9.47 Å². The van der Waals surface area contributed by atoms with Crippen molar-refractivity contribution >= 4 is 11.9 Å². The van der Waals surface area contributed by atoms with Crippen molar-refractivity contribution in [1.82, 2.24) is 4.90 Å². The molecule has 0 rings (SSSR count). The lowest BCUT2D eigenvalue weighted by Gasteiger charge is -2.25. The summed E-state index contributed by atoms with van der Waals surface area (Å²) in [5.74, 6) is 0.814. The van der Waals surface area contributed by atoms with Crippen LogP contribution in [-0.2, 0) is 19.1 Å². The lowest BCUT2D eigenvalue weighted by Crippen LogP contribution is -2.29. The van der Waals surface area contributed by atoms with Crippen LogP contribution in [0.5, 0.6) is 0 Å². The molecule has 0 heterocycles. The predicted molar refractivity (Wildman–Crippen MR) is 200 cm³/mol. The van der Waals surface area contributed by atoms with Gasteiger partial charge in [0.15, 0.2) is 0 Å². The molecule has 0 radical (unpaired) electrons. The molecule has 6 heteroatoms. The van der Waals surface area contributed by atoms with Crippen molar-refractivity contribution in [2.24, 2.45) is 11.3 Å². The third-order valence-corrected chi connectivity index (χ3v) is 9.62. The van der Waals surface area contributed by atoms with Gasteiger partial charge in [-0.05, 0) is 62.9 Å². The summed E-state index contributed by atoms with van der Waals surface area (Å²) in [7, 11) is 0. The van der Waals surface area contributed by atoms with Crippen molar-refractivity contribution in [2.45, 2.75) is 202 Å². The standard InChI is InChI=1S/C41H81NO5/c1-6-9-10-11-12-14-21-30-40(45)47-37-41(4,5)31-22-18-24-33-42(34-35-43)32-23-16-13-15-20-29-39(44)46-36-25-17-19-28-38(26-7-2)27-8-3/h38,43H,6-37H2,1-5H3. The van der Waals surface area contributed by atoms with Crippen molar-refractivity contribution in [3.63, 3.8) is 0 Å². The molecule has 0 fully saturated rings. The van der Waals surface area contributed by atoms with Crippen LogP contribution in [0.15, 0.2) is 0 Å². The van der Waals surface area contributed by atoms with E-state index in [1.807, 2.05) is 0 Å². The molecule has 0 bridgehead atoms. The van der Waals surface area contributed by atoms with Crippen molar-refractivity contribution < 1.29 is 24.2 Å². The average Bonchev–Trinajstić information content (AvgIpc) is 3.04. The molecule has 0 unspecified atom stereocenters. The van der Waals surface area contributed by atoms with Gasteiger partial charge in [-0.3, -0.25) is 9.59 Å². The van der Waals surface area contributed by atoms with Gasteiger partial charge in [0.2, 0.25) is 0 Å². The molecule has 0 aromatic rings. The second kappa shape index (κ2) is 33.4. The SMILES string of the molecule is CCCCCCCCCC(=O)OCC(C)(C)CCCCCN(CCO)CCCCCCCC(=O)OCCCCCC(CCC)CCC. The summed E-state index contributed by atoms with van der Waals surface area (Å²) in [5, 5.41) is 9.52. The Morgan fingerprint density at radius 3 is 1.66 bits per heavy atom. The highest BCUT2D eigenvalue weighted by Gasteiger charge is 2.20. The quantitative estimate of drug-likeness (QED) is 0.0529. The van der Waals surface area contributed by atoms with Crippen molar-refractivity contribution in [3.05, 3.63) is 0 Å². The Hall–Kier alpha value is -1.14. The van der Waals surface area contributed by atoms with Crippen LogP contribution in [0.4, 0.5) is 0 Å². The normalized spacial score (nSPS) is 11.9. The Morgan fingerprint density at radius 2 is 1.09 bits per heavy atom. The van der Waals surface area contributed by atoms with Crippen molar-refractivity contribution in [1.29, 1.82) is 0 Å². The highest BCUT2D eigenvalue weighted by atomic mass is 16.5. The first-order valence-electron chi connectivity index (χ1n) is 20.4. The number of carbonyl (C=O) groups excluding carboxylic acids is 2. The van der Waals surface area contributed by atoms with E-state index in [0.29, 0.717) is 26.1 Å². The molecule has 47 heavy (non-hydrogen) atoms. The van der Waals surface area contributed by atoms with E-state index >= 15 is 0 Å². The number of unbranched alkanes of at least 4 members (excludes halogenated alkanes) is 14. The number of hydrogen-bond acceptors (Lipinski definition) is 6. The van der Waals surface area contributed by atoms with Gasteiger partial charge in [0.25, 0.3) is 0 Å². The summed E-state index contributed by atoms with van der Waals surface area (Å²) in [6.45, 7) is 15.3. The summed E-state index contributed by atoms with van der Waals surface area (Å²) < 4.78 is 11.1. The Kier molecular flexibility index (Phi) is 32.6. The minimum atomic E-state index is -0.0387. The fourth-order valence-corrected chi connectivity index (χ4v) is 6.59. The first-order valence-corrected chi connectivity index (χ1v) is 20.4. The number of ether oxygens (including phenoxy) is 2. The van der Waals surface area contributed by atoms with Gasteiger partial charge >= 0.3 is 11.9 Å². The molecule has 280 valence electrons. The van der Waals surface area contributed by atoms with Crippen LogP contribution in [0, 0.1) is 11.3 Å². The summed E-state index contributed by atoms with van der Waals surface area (Å²) >= 11 is 0. The highest BCUT2D eigenvalue weighted by molar-refractivity contribution is 5.69. The van der Waals surface area contributed by atoms with Gasteiger partial charge in [0.05, 0.1) is 19.8 Å². The van der Waals surface area contributed by atoms with Crippen LogP contribution in [0.3, 0.4) is 0 Å². The van der Waals surface area contributed by atoms with Gasteiger partial charge in [-0.1, -0.05) is 150 Å². The average molecular weight is 668 g/mol. The van der Waals surface area contributed by atoms with Gasteiger partial charge in [-0.2, -0.15) is 0 Å². The smallest absolute Gasteiger partial charge is 0.305 e. The van der Waals surface area contributed by atoms with Crippen LogP contribution in [0.2, 0.25) is 0 Å². The molecule has 0 atom stereocenters. The number of esters is 2. The molecule has 0 saturated carbocycles. The number of nitrogens with zero attached hydrogens (tertiary/aromatic N) is 1.